The summed E-state index contributed by atoms with van der Waals surface area (Å²) in [5, 5.41) is 13.9. The molecule has 1 aliphatic heterocycles. The topological polar surface area (TPSA) is 77.3 Å². The largest absolute Gasteiger partial charge is 0.371 e. The van der Waals surface area contributed by atoms with E-state index in [1.54, 1.807) is 0 Å². The molecule has 0 amide bonds. The van der Waals surface area contributed by atoms with Gasteiger partial charge in [0.25, 0.3) is 5.69 Å². The van der Waals surface area contributed by atoms with Crippen LogP contribution in [0.5, 0.6) is 0 Å². The summed E-state index contributed by atoms with van der Waals surface area (Å²) in [5.41, 5.74) is 0.384. The van der Waals surface area contributed by atoms with E-state index in [9.17, 15) is 18.9 Å². The summed E-state index contributed by atoms with van der Waals surface area (Å²) in [6, 6.07) is 4.76. The zero-order valence-electron chi connectivity index (χ0n) is 12.2. The van der Waals surface area contributed by atoms with Crippen LogP contribution in [0.25, 0.3) is 0 Å². The number of rotatable bonds is 4. The van der Waals surface area contributed by atoms with Crippen LogP contribution in [0.1, 0.15) is 18.1 Å². The number of pyridine rings is 1. The molecule has 24 heavy (non-hydrogen) atoms. The van der Waals surface area contributed by atoms with Crippen molar-refractivity contribution in [2.75, 3.05) is 11.9 Å². The molecule has 1 aromatic heterocycles. The molecule has 1 N–H and O–H groups in total. The van der Waals surface area contributed by atoms with Gasteiger partial charge >= 0.3 is 0 Å². The fourth-order valence-corrected chi connectivity index (χ4v) is 3.02. The van der Waals surface area contributed by atoms with Gasteiger partial charge in [0.15, 0.2) is 11.6 Å². The molecule has 2 heterocycles. The second-order valence-corrected chi connectivity index (χ2v) is 6.14. The zero-order chi connectivity index (χ0) is 17.3. The summed E-state index contributed by atoms with van der Waals surface area (Å²) in [5.74, 6) is -1.43. The number of ether oxygens (including phenoxy) is 1. The summed E-state index contributed by atoms with van der Waals surface area (Å²) >= 11 is 3.24. The minimum absolute atomic E-state index is 0.132. The van der Waals surface area contributed by atoms with Gasteiger partial charge in [-0.1, -0.05) is 6.07 Å². The normalized spacial score (nSPS) is 20.1. The number of nitrogens with one attached hydrogen (secondary N) is 1. The molecular formula is C15H12BrF2N3O3. The van der Waals surface area contributed by atoms with Crippen LogP contribution in [0.15, 0.2) is 34.9 Å². The second kappa shape index (κ2) is 6.78. The lowest BCUT2D eigenvalue weighted by Crippen LogP contribution is -2.24. The lowest BCUT2D eigenvalue weighted by molar-refractivity contribution is -0.385. The summed E-state index contributed by atoms with van der Waals surface area (Å²) in [4.78, 5) is 14.2. The molecule has 2 unspecified atom stereocenters. The van der Waals surface area contributed by atoms with Gasteiger partial charge in [0.1, 0.15) is 18.1 Å². The average Bonchev–Trinajstić information content (AvgIpc) is 3.00. The monoisotopic (exact) mass is 399 g/mol. The van der Waals surface area contributed by atoms with Gasteiger partial charge in [-0.15, -0.1) is 0 Å². The third-order valence-electron chi connectivity index (χ3n) is 3.72. The Morgan fingerprint density at radius 1 is 1.33 bits per heavy atom. The van der Waals surface area contributed by atoms with Gasteiger partial charge in [0.05, 0.1) is 15.4 Å². The van der Waals surface area contributed by atoms with Gasteiger partial charge in [-0.2, -0.15) is 0 Å². The average molecular weight is 400 g/mol. The van der Waals surface area contributed by atoms with Crippen molar-refractivity contribution in [3.05, 3.63) is 62.2 Å². The molecule has 0 bridgehead atoms. The first kappa shape index (κ1) is 16.7. The Hall–Kier alpha value is -2.13. The molecule has 1 saturated heterocycles. The van der Waals surface area contributed by atoms with E-state index in [-0.39, 0.29) is 11.7 Å². The maximum absolute atomic E-state index is 13.4. The third kappa shape index (κ3) is 3.36. The molecule has 0 aliphatic carbocycles. The lowest BCUT2D eigenvalue weighted by Gasteiger charge is -2.21. The van der Waals surface area contributed by atoms with E-state index in [4.69, 9.17) is 4.74 Å². The Bertz CT molecular complexity index is 791. The molecule has 0 radical (unpaired) electrons. The van der Waals surface area contributed by atoms with Crippen molar-refractivity contribution in [3.8, 4) is 0 Å². The van der Waals surface area contributed by atoms with Crippen LogP contribution < -0.4 is 5.32 Å². The molecule has 126 valence electrons. The quantitative estimate of drug-likeness (QED) is 0.621. The SMILES string of the molecule is O=[N+]([O-])c1cnc(NC2CCOC2c2ccc(F)c(F)c2)c(Br)c1. The van der Waals surface area contributed by atoms with Crippen LogP contribution in [-0.4, -0.2) is 22.6 Å². The van der Waals surface area contributed by atoms with E-state index in [0.717, 1.165) is 18.3 Å². The molecule has 0 saturated carbocycles. The van der Waals surface area contributed by atoms with Crippen LogP contribution in [0.4, 0.5) is 20.3 Å². The van der Waals surface area contributed by atoms with Crippen molar-refractivity contribution in [2.24, 2.45) is 0 Å². The Kier molecular flexibility index (Phi) is 4.72. The van der Waals surface area contributed by atoms with Crippen molar-refractivity contribution in [3.63, 3.8) is 0 Å². The van der Waals surface area contributed by atoms with Gasteiger partial charge in [0, 0.05) is 12.7 Å². The molecule has 2 aromatic rings. The second-order valence-electron chi connectivity index (χ2n) is 5.29. The van der Waals surface area contributed by atoms with Gasteiger partial charge in [-0.05, 0) is 40.0 Å². The molecule has 2 atom stereocenters. The van der Waals surface area contributed by atoms with E-state index in [1.165, 1.54) is 12.1 Å². The van der Waals surface area contributed by atoms with Crippen LogP contribution in [0, 0.1) is 21.7 Å². The summed E-state index contributed by atoms with van der Waals surface area (Å²) in [7, 11) is 0. The van der Waals surface area contributed by atoms with E-state index in [2.05, 4.69) is 26.2 Å². The smallest absolute Gasteiger partial charge is 0.288 e. The highest BCUT2D eigenvalue weighted by molar-refractivity contribution is 9.10. The highest BCUT2D eigenvalue weighted by atomic mass is 79.9. The minimum atomic E-state index is -0.934. The molecule has 1 aromatic carbocycles. The van der Waals surface area contributed by atoms with Crippen LogP contribution in [-0.2, 0) is 4.74 Å². The number of nitrogens with zero attached hydrogens (tertiary/aromatic N) is 2. The van der Waals surface area contributed by atoms with E-state index in [1.807, 2.05) is 0 Å². The molecule has 3 rings (SSSR count). The fourth-order valence-electron chi connectivity index (χ4n) is 2.56. The van der Waals surface area contributed by atoms with Gasteiger partial charge in [-0.3, -0.25) is 10.1 Å². The minimum Gasteiger partial charge on any atom is -0.371 e. The van der Waals surface area contributed by atoms with E-state index < -0.39 is 22.7 Å². The van der Waals surface area contributed by atoms with Crippen LogP contribution in [0.2, 0.25) is 0 Å². The summed E-state index contributed by atoms with van der Waals surface area (Å²) < 4.78 is 32.6. The Labute approximate surface area is 144 Å². The molecular weight excluding hydrogens is 388 g/mol. The van der Waals surface area contributed by atoms with Crippen LogP contribution in [0.3, 0.4) is 0 Å². The molecule has 6 nitrogen and oxygen atoms in total. The molecule has 0 spiro atoms. The lowest BCUT2D eigenvalue weighted by atomic mass is 10.0. The predicted molar refractivity (Wildman–Crippen MR) is 85.7 cm³/mol. The Balaban J connectivity index is 1.81. The Morgan fingerprint density at radius 2 is 2.12 bits per heavy atom. The molecule has 9 heteroatoms. The number of hydrogen-bond donors (Lipinski definition) is 1. The first-order valence-corrected chi connectivity index (χ1v) is 7.88. The number of halogens is 3. The van der Waals surface area contributed by atoms with Crippen molar-refractivity contribution < 1.29 is 18.4 Å². The summed E-state index contributed by atoms with van der Waals surface area (Å²) in [6.07, 6.45) is 1.31. The van der Waals surface area contributed by atoms with Gasteiger partial charge in [-0.25, -0.2) is 13.8 Å². The number of anilines is 1. The number of nitro groups is 1. The summed E-state index contributed by atoms with van der Waals surface area (Å²) in [6.45, 7) is 0.450. The van der Waals surface area contributed by atoms with Gasteiger partial charge in [0.2, 0.25) is 0 Å². The molecule has 1 aliphatic rings. The molecule has 1 fully saturated rings. The number of aromatic nitrogens is 1. The maximum Gasteiger partial charge on any atom is 0.288 e. The zero-order valence-corrected chi connectivity index (χ0v) is 13.8. The van der Waals surface area contributed by atoms with Crippen LogP contribution >= 0.6 is 15.9 Å². The van der Waals surface area contributed by atoms with Crippen molar-refractivity contribution in [1.82, 2.24) is 4.98 Å². The highest BCUT2D eigenvalue weighted by Gasteiger charge is 2.31. The number of hydrogen-bond acceptors (Lipinski definition) is 5. The highest BCUT2D eigenvalue weighted by Crippen LogP contribution is 2.34. The first-order chi connectivity index (χ1) is 11.5. The van der Waals surface area contributed by atoms with E-state index in [0.29, 0.717) is 28.9 Å². The first-order valence-electron chi connectivity index (χ1n) is 7.08. The third-order valence-corrected chi connectivity index (χ3v) is 4.33. The Morgan fingerprint density at radius 3 is 2.79 bits per heavy atom. The number of benzene rings is 1. The maximum atomic E-state index is 13.4. The predicted octanol–water partition coefficient (Wildman–Crippen LogP) is 3.97. The fraction of sp³-hybridized carbons (Fsp3) is 0.267. The van der Waals surface area contributed by atoms with Crippen molar-refractivity contribution >= 4 is 27.4 Å². The van der Waals surface area contributed by atoms with Crippen molar-refractivity contribution in [1.29, 1.82) is 0 Å². The standard InChI is InChI=1S/C15H12BrF2N3O3/c16-10-6-9(21(22)23)7-19-15(10)20-13-3-4-24-14(13)8-1-2-11(17)12(18)5-8/h1-2,5-7,13-14H,3-4H2,(H,19,20). The van der Waals surface area contributed by atoms with E-state index >= 15 is 0 Å². The van der Waals surface area contributed by atoms with Gasteiger partial charge < -0.3 is 10.1 Å². The van der Waals surface area contributed by atoms with Crippen molar-refractivity contribution in [2.45, 2.75) is 18.6 Å².